The molecule has 6 heteroatoms. The number of hydrogen-bond donors (Lipinski definition) is 2. The molecular formula is C17H20N2O2S2. The number of carbonyl (C=O) groups excluding carboxylic acids is 2. The summed E-state index contributed by atoms with van der Waals surface area (Å²) in [6.45, 7) is 4.36. The van der Waals surface area contributed by atoms with Crippen molar-refractivity contribution < 1.29 is 9.59 Å². The van der Waals surface area contributed by atoms with Gasteiger partial charge in [-0.3, -0.25) is 9.59 Å². The van der Waals surface area contributed by atoms with Gasteiger partial charge >= 0.3 is 0 Å². The summed E-state index contributed by atoms with van der Waals surface area (Å²) in [6, 6.07) is 3.90. The average molecular weight is 348 g/mol. The first-order chi connectivity index (χ1) is 11.1. The maximum Gasteiger partial charge on any atom is 0.261 e. The number of thiophene rings is 2. The lowest BCUT2D eigenvalue weighted by atomic mass is 10.1. The summed E-state index contributed by atoms with van der Waals surface area (Å²) in [6.07, 6.45) is 2.23. The molecule has 0 aromatic carbocycles. The van der Waals surface area contributed by atoms with E-state index < -0.39 is 0 Å². The molecule has 0 saturated heterocycles. The fourth-order valence-corrected chi connectivity index (χ4v) is 4.23. The maximum absolute atomic E-state index is 12.4. The Labute approximate surface area is 143 Å². The van der Waals surface area contributed by atoms with Crippen molar-refractivity contribution in [2.24, 2.45) is 5.92 Å². The number of nitrogens with one attached hydrogen (secondary N) is 2. The Balaban J connectivity index is 1.59. The van der Waals surface area contributed by atoms with Gasteiger partial charge < -0.3 is 10.6 Å². The van der Waals surface area contributed by atoms with Gasteiger partial charge in [0.15, 0.2) is 0 Å². The third kappa shape index (κ3) is 3.82. The zero-order valence-corrected chi connectivity index (χ0v) is 14.9. The number of carbonyl (C=O) groups is 2. The van der Waals surface area contributed by atoms with Crippen LogP contribution in [-0.2, 0) is 0 Å². The largest absolute Gasteiger partial charge is 0.349 e. The highest BCUT2D eigenvalue weighted by molar-refractivity contribution is 7.12. The quantitative estimate of drug-likeness (QED) is 0.841. The van der Waals surface area contributed by atoms with Gasteiger partial charge in [0.05, 0.1) is 9.75 Å². The molecule has 1 aliphatic carbocycles. The van der Waals surface area contributed by atoms with E-state index in [2.05, 4.69) is 10.6 Å². The number of hydrogen-bond acceptors (Lipinski definition) is 4. The highest BCUT2D eigenvalue weighted by Crippen LogP contribution is 2.33. The van der Waals surface area contributed by atoms with Crippen molar-refractivity contribution in [3.63, 3.8) is 0 Å². The van der Waals surface area contributed by atoms with Gasteiger partial charge in [0.2, 0.25) is 0 Å². The summed E-state index contributed by atoms with van der Waals surface area (Å²) in [5.74, 6) is 0.393. The number of rotatable bonds is 6. The first kappa shape index (κ1) is 16.2. The lowest BCUT2D eigenvalue weighted by Gasteiger charge is -2.18. The van der Waals surface area contributed by atoms with Gasteiger partial charge in [0.1, 0.15) is 0 Å². The lowest BCUT2D eigenvalue weighted by molar-refractivity contribution is 0.0907. The predicted molar refractivity (Wildman–Crippen MR) is 94.4 cm³/mol. The molecule has 3 rings (SSSR count). The van der Waals surface area contributed by atoms with Crippen LogP contribution < -0.4 is 10.6 Å². The van der Waals surface area contributed by atoms with Crippen molar-refractivity contribution in [1.29, 1.82) is 0 Å². The monoisotopic (exact) mass is 348 g/mol. The van der Waals surface area contributed by atoms with Crippen molar-refractivity contribution in [3.8, 4) is 0 Å². The van der Waals surface area contributed by atoms with E-state index in [-0.39, 0.29) is 17.9 Å². The predicted octanol–water partition coefficient (Wildman–Crippen LogP) is 3.36. The molecule has 1 atom stereocenters. The molecule has 2 N–H and O–H groups in total. The molecule has 2 aromatic rings. The van der Waals surface area contributed by atoms with Crippen LogP contribution in [0.4, 0.5) is 0 Å². The summed E-state index contributed by atoms with van der Waals surface area (Å²) in [7, 11) is 0. The molecule has 0 spiro atoms. The molecule has 2 aromatic heterocycles. The van der Waals surface area contributed by atoms with Crippen molar-refractivity contribution in [2.75, 3.05) is 6.54 Å². The summed E-state index contributed by atoms with van der Waals surface area (Å²) < 4.78 is 0. The molecule has 0 unspecified atom stereocenters. The normalized spacial score (nSPS) is 15.2. The van der Waals surface area contributed by atoms with E-state index in [0.717, 1.165) is 33.7 Å². The van der Waals surface area contributed by atoms with Crippen LogP contribution in [-0.4, -0.2) is 24.4 Å². The fraction of sp³-hybridized carbons (Fsp3) is 0.412. The van der Waals surface area contributed by atoms with E-state index in [1.807, 2.05) is 36.7 Å². The van der Waals surface area contributed by atoms with E-state index in [9.17, 15) is 9.59 Å². The number of aryl methyl sites for hydroxylation is 2. The Morgan fingerprint density at radius 3 is 2.13 bits per heavy atom. The molecule has 0 aliphatic heterocycles. The van der Waals surface area contributed by atoms with E-state index in [1.54, 1.807) is 0 Å². The Kier molecular flexibility index (Phi) is 4.82. The Morgan fingerprint density at radius 1 is 1.09 bits per heavy atom. The minimum absolute atomic E-state index is 0.00761. The molecular weight excluding hydrogens is 328 g/mol. The van der Waals surface area contributed by atoms with E-state index >= 15 is 0 Å². The number of amides is 2. The van der Waals surface area contributed by atoms with Crippen molar-refractivity contribution in [3.05, 3.63) is 43.8 Å². The SMILES string of the molecule is Cc1ccsc1C(=O)NC[C@@H](NC(=O)c1sccc1C)C1CC1. The molecule has 1 fully saturated rings. The van der Waals surface area contributed by atoms with Gasteiger partial charge in [-0.2, -0.15) is 0 Å². The molecule has 2 amide bonds. The summed E-state index contributed by atoms with van der Waals surface area (Å²) in [4.78, 5) is 26.1. The molecule has 122 valence electrons. The van der Waals surface area contributed by atoms with Crippen molar-refractivity contribution >= 4 is 34.5 Å². The lowest BCUT2D eigenvalue weighted by Crippen LogP contribution is -2.45. The topological polar surface area (TPSA) is 58.2 Å². The molecule has 1 saturated carbocycles. The van der Waals surface area contributed by atoms with Gasteiger partial charge in [-0.15, -0.1) is 22.7 Å². The molecule has 0 radical (unpaired) electrons. The Morgan fingerprint density at radius 2 is 1.65 bits per heavy atom. The van der Waals surface area contributed by atoms with Crippen LogP contribution in [0, 0.1) is 19.8 Å². The Hall–Kier alpha value is -1.66. The second-order valence-corrected chi connectivity index (χ2v) is 7.83. The van der Waals surface area contributed by atoms with Crippen LogP contribution >= 0.6 is 22.7 Å². The van der Waals surface area contributed by atoms with Crippen LogP contribution in [0.1, 0.15) is 43.3 Å². The van der Waals surface area contributed by atoms with Gasteiger partial charge in [-0.1, -0.05) is 0 Å². The van der Waals surface area contributed by atoms with E-state index in [1.165, 1.54) is 22.7 Å². The van der Waals surface area contributed by atoms with Gasteiger partial charge in [0, 0.05) is 12.6 Å². The zero-order valence-electron chi connectivity index (χ0n) is 13.2. The first-order valence-corrected chi connectivity index (χ1v) is 9.49. The molecule has 23 heavy (non-hydrogen) atoms. The third-order valence-corrected chi connectivity index (χ3v) is 6.16. The minimum Gasteiger partial charge on any atom is -0.349 e. The molecule has 4 nitrogen and oxygen atoms in total. The van der Waals surface area contributed by atoms with Crippen LogP contribution in [0.15, 0.2) is 22.9 Å². The van der Waals surface area contributed by atoms with Gasteiger partial charge in [-0.05, 0) is 66.6 Å². The average Bonchev–Trinajstić information content (AvgIpc) is 3.14. The van der Waals surface area contributed by atoms with Crippen LogP contribution in [0.25, 0.3) is 0 Å². The van der Waals surface area contributed by atoms with Gasteiger partial charge in [0.25, 0.3) is 11.8 Å². The second kappa shape index (κ2) is 6.84. The maximum atomic E-state index is 12.4. The standard InChI is InChI=1S/C17H20N2O2S2/c1-10-5-7-22-14(10)16(20)18-9-13(12-3-4-12)19-17(21)15-11(2)6-8-23-15/h5-8,12-13H,3-4,9H2,1-2H3,(H,18,20)(H,19,21)/t13-/m1/s1. The van der Waals surface area contributed by atoms with Crippen LogP contribution in [0.2, 0.25) is 0 Å². The van der Waals surface area contributed by atoms with Gasteiger partial charge in [-0.25, -0.2) is 0 Å². The molecule has 2 heterocycles. The summed E-state index contributed by atoms with van der Waals surface area (Å²) in [5.41, 5.74) is 1.99. The first-order valence-electron chi connectivity index (χ1n) is 7.73. The smallest absolute Gasteiger partial charge is 0.261 e. The van der Waals surface area contributed by atoms with Crippen molar-refractivity contribution in [1.82, 2.24) is 10.6 Å². The highest BCUT2D eigenvalue weighted by atomic mass is 32.1. The third-order valence-electron chi connectivity index (χ3n) is 4.13. The van der Waals surface area contributed by atoms with Crippen LogP contribution in [0.5, 0.6) is 0 Å². The molecule has 1 aliphatic rings. The van der Waals surface area contributed by atoms with Crippen molar-refractivity contribution in [2.45, 2.75) is 32.7 Å². The van der Waals surface area contributed by atoms with E-state index in [0.29, 0.717) is 12.5 Å². The van der Waals surface area contributed by atoms with Crippen LogP contribution in [0.3, 0.4) is 0 Å². The summed E-state index contributed by atoms with van der Waals surface area (Å²) in [5, 5.41) is 9.92. The minimum atomic E-state index is -0.0512. The molecule has 0 bridgehead atoms. The highest BCUT2D eigenvalue weighted by Gasteiger charge is 2.33. The Bertz CT molecular complexity index is 716. The fourth-order valence-electron chi connectivity index (χ4n) is 2.56. The zero-order chi connectivity index (χ0) is 16.4. The van der Waals surface area contributed by atoms with E-state index in [4.69, 9.17) is 0 Å². The summed E-state index contributed by atoms with van der Waals surface area (Å²) >= 11 is 2.91. The second-order valence-electron chi connectivity index (χ2n) is 5.99.